The molecule has 0 aliphatic carbocycles. The fraction of sp³-hybridized carbons (Fsp3) is 0.0857. The van der Waals surface area contributed by atoms with Gasteiger partial charge >= 0.3 is 0 Å². The molecule has 0 fully saturated rings. The first-order valence-corrected chi connectivity index (χ1v) is 14.1. The summed E-state index contributed by atoms with van der Waals surface area (Å²) in [6.07, 6.45) is 3.47. The molecule has 0 radical (unpaired) electrons. The van der Waals surface area contributed by atoms with E-state index in [9.17, 15) is 9.59 Å². The van der Waals surface area contributed by atoms with Crippen molar-refractivity contribution in [3.63, 3.8) is 0 Å². The van der Waals surface area contributed by atoms with Gasteiger partial charge in [0.2, 0.25) is 11.7 Å². The molecular formula is C35H27N5O4. The molecule has 3 aromatic heterocycles. The van der Waals surface area contributed by atoms with Crippen molar-refractivity contribution < 1.29 is 13.9 Å². The van der Waals surface area contributed by atoms with Crippen LogP contribution in [-0.2, 0) is 11.3 Å². The van der Waals surface area contributed by atoms with Crippen LogP contribution in [0.15, 0.2) is 118 Å². The Kier molecular flexibility index (Phi) is 6.75. The molecule has 4 aromatic carbocycles. The van der Waals surface area contributed by atoms with Crippen molar-refractivity contribution in [2.45, 2.75) is 13.5 Å². The number of anilines is 1. The van der Waals surface area contributed by atoms with Gasteiger partial charge in [-0.25, -0.2) is 4.98 Å². The fourth-order valence-electron chi connectivity index (χ4n) is 5.33. The van der Waals surface area contributed by atoms with Crippen molar-refractivity contribution in [2.24, 2.45) is 5.10 Å². The van der Waals surface area contributed by atoms with E-state index in [0.29, 0.717) is 28.0 Å². The monoisotopic (exact) mass is 581 g/mol. The predicted octanol–water partition coefficient (Wildman–Crippen LogP) is 6.60. The first kappa shape index (κ1) is 26.9. The molecule has 0 spiro atoms. The second-order valence-electron chi connectivity index (χ2n) is 10.4. The number of amides is 1. The SMILES string of the molecule is COc1cccc2oc(-c3nc4ccccc4c(=O)n3N=Cc3cn(CC(=O)Nc4ccc(C)cc4)c4ccccc34)cc12. The van der Waals surface area contributed by atoms with Crippen LogP contribution in [0, 0.1) is 6.92 Å². The molecule has 0 bridgehead atoms. The molecule has 0 saturated heterocycles. The van der Waals surface area contributed by atoms with Crippen molar-refractivity contribution in [3.05, 3.63) is 125 Å². The van der Waals surface area contributed by atoms with Gasteiger partial charge in [0.05, 0.1) is 29.6 Å². The van der Waals surface area contributed by atoms with Gasteiger partial charge in [0.15, 0.2) is 5.76 Å². The number of benzene rings is 4. The number of nitrogens with zero attached hydrogens (tertiary/aromatic N) is 4. The zero-order valence-corrected chi connectivity index (χ0v) is 24.0. The summed E-state index contributed by atoms with van der Waals surface area (Å²) in [6.45, 7) is 2.10. The summed E-state index contributed by atoms with van der Waals surface area (Å²) in [5.41, 5.74) is 4.25. The lowest BCUT2D eigenvalue weighted by atomic mass is 10.2. The molecule has 0 atom stereocenters. The van der Waals surface area contributed by atoms with E-state index < -0.39 is 0 Å². The number of ether oxygens (including phenoxy) is 1. The van der Waals surface area contributed by atoms with Crippen molar-refractivity contribution >= 4 is 50.6 Å². The summed E-state index contributed by atoms with van der Waals surface area (Å²) in [4.78, 5) is 31.5. The van der Waals surface area contributed by atoms with Gasteiger partial charge in [-0.1, -0.05) is 54.1 Å². The smallest absolute Gasteiger partial charge is 0.282 e. The zero-order valence-electron chi connectivity index (χ0n) is 24.0. The predicted molar refractivity (Wildman–Crippen MR) is 173 cm³/mol. The molecule has 1 amide bonds. The molecule has 9 nitrogen and oxygen atoms in total. The van der Waals surface area contributed by atoms with E-state index in [1.807, 2.05) is 90.5 Å². The topological polar surface area (TPSA) is 104 Å². The third kappa shape index (κ3) is 4.90. The molecular weight excluding hydrogens is 554 g/mol. The average molecular weight is 582 g/mol. The number of methoxy groups -OCH3 is 1. The molecule has 7 aromatic rings. The van der Waals surface area contributed by atoms with Crippen LogP contribution >= 0.6 is 0 Å². The number of aromatic nitrogens is 3. The maximum atomic E-state index is 13.8. The van der Waals surface area contributed by atoms with E-state index >= 15 is 0 Å². The van der Waals surface area contributed by atoms with E-state index in [2.05, 4.69) is 10.4 Å². The third-order valence-electron chi connectivity index (χ3n) is 7.50. The summed E-state index contributed by atoms with van der Waals surface area (Å²) < 4.78 is 14.8. The number of aryl methyl sites for hydroxylation is 1. The molecule has 0 unspecified atom stereocenters. The molecule has 216 valence electrons. The quantitative estimate of drug-likeness (QED) is 0.214. The second-order valence-corrected chi connectivity index (χ2v) is 10.4. The van der Waals surface area contributed by atoms with Crippen LogP contribution in [0.2, 0.25) is 0 Å². The Labute approximate surface area is 251 Å². The first-order valence-electron chi connectivity index (χ1n) is 14.1. The largest absolute Gasteiger partial charge is 0.496 e. The Balaban J connectivity index is 1.30. The number of hydrogen-bond donors (Lipinski definition) is 1. The minimum Gasteiger partial charge on any atom is -0.496 e. The van der Waals surface area contributed by atoms with Gasteiger partial charge in [0, 0.05) is 28.4 Å². The fourth-order valence-corrected chi connectivity index (χ4v) is 5.33. The third-order valence-corrected chi connectivity index (χ3v) is 7.50. The highest BCUT2D eigenvalue weighted by Gasteiger charge is 2.18. The van der Waals surface area contributed by atoms with E-state index in [0.717, 1.165) is 33.1 Å². The molecule has 1 N–H and O–H groups in total. The van der Waals surface area contributed by atoms with Crippen molar-refractivity contribution in [1.29, 1.82) is 0 Å². The van der Waals surface area contributed by atoms with Gasteiger partial charge in [0.1, 0.15) is 17.9 Å². The minimum atomic E-state index is -0.338. The summed E-state index contributed by atoms with van der Waals surface area (Å²) in [5, 5.41) is 9.67. The molecule has 44 heavy (non-hydrogen) atoms. The Morgan fingerprint density at radius 3 is 2.55 bits per heavy atom. The Morgan fingerprint density at radius 1 is 0.955 bits per heavy atom. The zero-order chi connectivity index (χ0) is 30.2. The van der Waals surface area contributed by atoms with Gasteiger partial charge in [-0.3, -0.25) is 9.59 Å². The number of carbonyl (C=O) groups excluding carboxylic acids is 1. The molecule has 9 heteroatoms. The van der Waals surface area contributed by atoms with Crippen LogP contribution in [-0.4, -0.2) is 33.5 Å². The lowest BCUT2D eigenvalue weighted by molar-refractivity contribution is -0.116. The highest BCUT2D eigenvalue weighted by atomic mass is 16.5. The molecule has 0 saturated carbocycles. The highest BCUT2D eigenvalue weighted by molar-refractivity contribution is 6.00. The first-order chi connectivity index (χ1) is 21.5. The van der Waals surface area contributed by atoms with Gasteiger partial charge in [0.25, 0.3) is 5.56 Å². The number of fused-ring (bicyclic) bond motifs is 3. The molecule has 0 aliphatic heterocycles. The van der Waals surface area contributed by atoms with Crippen LogP contribution in [0.1, 0.15) is 11.1 Å². The van der Waals surface area contributed by atoms with Crippen LogP contribution in [0.25, 0.3) is 44.4 Å². The Morgan fingerprint density at radius 2 is 1.73 bits per heavy atom. The van der Waals surface area contributed by atoms with E-state index in [1.165, 1.54) is 4.68 Å². The molecule has 0 aliphatic rings. The Hall–Kier alpha value is -5.96. The maximum absolute atomic E-state index is 13.8. The normalized spacial score (nSPS) is 11.6. The molecule has 7 rings (SSSR count). The minimum absolute atomic E-state index is 0.103. The summed E-state index contributed by atoms with van der Waals surface area (Å²) >= 11 is 0. The number of hydrogen-bond acceptors (Lipinski definition) is 6. The molecule has 3 heterocycles. The van der Waals surface area contributed by atoms with E-state index in [1.54, 1.807) is 37.6 Å². The number of furan rings is 1. The van der Waals surface area contributed by atoms with Crippen LogP contribution in [0.4, 0.5) is 5.69 Å². The highest BCUT2D eigenvalue weighted by Crippen LogP contribution is 2.33. The number of para-hydroxylation sites is 2. The Bertz CT molecular complexity index is 2280. The summed E-state index contributed by atoms with van der Waals surface area (Å²) in [6, 6.07) is 29.9. The van der Waals surface area contributed by atoms with E-state index in [4.69, 9.17) is 14.1 Å². The van der Waals surface area contributed by atoms with Crippen molar-refractivity contribution in [2.75, 3.05) is 12.4 Å². The van der Waals surface area contributed by atoms with Crippen LogP contribution < -0.4 is 15.6 Å². The van der Waals surface area contributed by atoms with Gasteiger partial charge in [-0.2, -0.15) is 9.78 Å². The number of rotatable bonds is 7. The van der Waals surface area contributed by atoms with Gasteiger partial charge in [-0.15, -0.1) is 0 Å². The lowest BCUT2D eigenvalue weighted by Crippen LogP contribution is -2.20. The van der Waals surface area contributed by atoms with Crippen molar-refractivity contribution in [1.82, 2.24) is 14.2 Å². The van der Waals surface area contributed by atoms with Gasteiger partial charge < -0.3 is 19.0 Å². The summed E-state index contributed by atoms with van der Waals surface area (Å²) in [5.74, 6) is 1.12. The summed E-state index contributed by atoms with van der Waals surface area (Å²) in [7, 11) is 1.60. The van der Waals surface area contributed by atoms with Gasteiger partial charge in [-0.05, 0) is 55.5 Å². The van der Waals surface area contributed by atoms with Crippen LogP contribution in [0.5, 0.6) is 5.75 Å². The average Bonchev–Trinajstić information content (AvgIpc) is 3.63. The van der Waals surface area contributed by atoms with Crippen LogP contribution in [0.3, 0.4) is 0 Å². The number of nitrogens with one attached hydrogen (secondary N) is 1. The number of carbonyl (C=O) groups is 1. The maximum Gasteiger partial charge on any atom is 0.282 e. The van der Waals surface area contributed by atoms with E-state index in [-0.39, 0.29) is 23.8 Å². The second kappa shape index (κ2) is 11.0. The van der Waals surface area contributed by atoms with Crippen molar-refractivity contribution in [3.8, 4) is 17.3 Å². The standard InChI is InChI=1S/C35H27N5O4/c1-22-14-16-24(17-15-22)37-33(41)21-39-20-23(25-8-4-6-11-29(25)39)19-36-40-34(38-28-10-5-3-9-26(28)35(40)42)32-18-27-30(43-2)12-7-13-31(27)44-32/h3-20H,21H2,1-2H3,(H,37,41). The lowest BCUT2D eigenvalue weighted by Gasteiger charge is -2.07.